The fraction of sp³-hybridized carbons (Fsp3) is 0.222. The lowest BCUT2D eigenvalue weighted by atomic mass is 10.2. The number of carbonyl (C=O) groups excluding carboxylic acids is 2. The number of hydrogen-bond donors (Lipinski definition) is 2. The molecule has 0 atom stereocenters. The van der Waals surface area contributed by atoms with Gasteiger partial charge in [0.15, 0.2) is 6.61 Å². The number of carbonyl (C=O) groups is 2. The van der Waals surface area contributed by atoms with Gasteiger partial charge in [-0.3, -0.25) is 25.1 Å². The van der Waals surface area contributed by atoms with Crippen molar-refractivity contribution in [3.8, 4) is 5.75 Å². The maximum atomic E-state index is 11.9. The number of amides is 2. The third kappa shape index (κ3) is 4.72. The van der Waals surface area contributed by atoms with Crippen LogP contribution in [0.1, 0.15) is 11.4 Å². The fourth-order valence-corrected chi connectivity index (χ4v) is 2.47. The van der Waals surface area contributed by atoms with E-state index < -0.39 is 17.4 Å². The molecular formula is C18H18N4O5. The van der Waals surface area contributed by atoms with Gasteiger partial charge in [-0.2, -0.15) is 5.10 Å². The van der Waals surface area contributed by atoms with E-state index in [-0.39, 0.29) is 13.2 Å². The normalized spacial score (nSPS) is 10.6. The molecule has 140 valence electrons. The van der Waals surface area contributed by atoms with Gasteiger partial charge in [0.05, 0.1) is 5.69 Å². The van der Waals surface area contributed by atoms with Gasteiger partial charge >= 0.3 is 5.63 Å². The van der Waals surface area contributed by atoms with E-state index in [1.54, 1.807) is 18.2 Å². The zero-order valence-electron chi connectivity index (χ0n) is 14.8. The highest BCUT2D eigenvalue weighted by Crippen LogP contribution is 2.19. The van der Waals surface area contributed by atoms with Gasteiger partial charge in [0.1, 0.15) is 17.9 Å². The second-order valence-corrected chi connectivity index (χ2v) is 5.92. The highest BCUT2D eigenvalue weighted by Gasteiger charge is 2.09. The van der Waals surface area contributed by atoms with E-state index in [0.29, 0.717) is 11.3 Å². The van der Waals surface area contributed by atoms with Gasteiger partial charge in [0.25, 0.3) is 11.8 Å². The van der Waals surface area contributed by atoms with E-state index in [9.17, 15) is 14.4 Å². The van der Waals surface area contributed by atoms with Crippen molar-refractivity contribution in [2.45, 2.75) is 20.4 Å². The number of benzene rings is 1. The van der Waals surface area contributed by atoms with E-state index in [1.807, 2.05) is 19.9 Å². The van der Waals surface area contributed by atoms with Gasteiger partial charge in [0.2, 0.25) is 0 Å². The lowest BCUT2D eigenvalue weighted by Crippen LogP contribution is -2.45. The second-order valence-electron chi connectivity index (χ2n) is 5.92. The van der Waals surface area contributed by atoms with Gasteiger partial charge in [-0.1, -0.05) is 0 Å². The first-order chi connectivity index (χ1) is 12.9. The Morgan fingerprint density at radius 2 is 1.85 bits per heavy atom. The third-order valence-corrected chi connectivity index (χ3v) is 3.70. The molecule has 27 heavy (non-hydrogen) atoms. The van der Waals surface area contributed by atoms with Crippen LogP contribution in [0, 0.1) is 13.8 Å². The Morgan fingerprint density at radius 1 is 1.11 bits per heavy atom. The first-order valence-electron chi connectivity index (χ1n) is 8.16. The summed E-state index contributed by atoms with van der Waals surface area (Å²) >= 11 is 0. The Bertz CT molecular complexity index is 1050. The van der Waals surface area contributed by atoms with E-state index in [4.69, 9.17) is 9.15 Å². The predicted molar refractivity (Wildman–Crippen MR) is 96.0 cm³/mol. The van der Waals surface area contributed by atoms with Crippen LogP contribution in [-0.4, -0.2) is 28.2 Å². The zero-order chi connectivity index (χ0) is 19.4. The Hall–Kier alpha value is -3.62. The highest BCUT2D eigenvalue weighted by molar-refractivity contribution is 5.83. The number of hydrogen-bond acceptors (Lipinski definition) is 6. The lowest BCUT2D eigenvalue weighted by molar-refractivity contribution is -0.130. The van der Waals surface area contributed by atoms with Crippen molar-refractivity contribution in [1.82, 2.24) is 20.6 Å². The summed E-state index contributed by atoms with van der Waals surface area (Å²) in [5.74, 6) is -0.589. The van der Waals surface area contributed by atoms with Crippen LogP contribution in [0.5, 0.6) is 5.75 Å². The van der Waals surface area contributed by atoms with Gasteiger partial charge in [-0.25, -0.2) is 4.79 Å². The molecule has 0 aliphatic carbocycles. The van der Waals surface area contributed by atoms with Crippen molar-refractivity contribution >= 4 is 22.8 Å². The maximum Gasteiger partial charge on any atom is 0.336 e. The molecule has 2 heterocycles. The van der Waals surface area contributed by atoms with Crippen LogP contribution < -0.4 is 21.2 Å². The Balaban J connectivity index is 1.48. The monoisotopic (exact) mass is 370 g/mol. The minimum absolute atomic E-state index is 0.00941. The first kappa shape index (κ1) is 18.2. The number of nitrogens with one attached hydrogen (secondary N) is 2. The van der Waals surface area contributed by atoms with E-state index in [1.165, 1.54) is 16.8 Å². The molecule has 0 aliphatic rings. The van der Waals surface area contributed by atoms with Crippen LogP contribution in [-0.2, 0) is 16.1 Å². The van der Waals surface area contributed by atoms with Crippen LogP contribution in [0.2, 0.25) is 0 Å². The molecule has 2 amide bonds. The Labute approximate surface area is 153 Å². The van der Waals surface area contributed by atoms with Crippen LogP contribution in [0.3, 0.4) is 0 Å². The summed E-state index contributed by atoms with van der Waals surface area (Å²) in [6.07, 6.45) is 0. The molecule has 1 aromatic carbocycles. The molecule has 9 heteroatoms. The summed E-state index contributed by atoms with van der Waals surface area (Å²) in [7, 11) is 0. The summed E-state index contributed by atoms with van der Waals surface area (Å²) in [6, 6.07) is 9.69. The molecule has 0 saturated carbocycles. The average Bonchev–Trinajstić information content (AvgIpc) is 2.94. The van der Waals surface area contributed by atoms with Crippen molar-refractivity contribution < 1.29 is 18.7 Å². The topological polar surface area (TPSA) is 115 Å². The van der Waals surface area contributed by atoms with Crippen molar-refractivity contribution in [3.63, 3.8) is 0 Å². The standard InChI is InChI=1S/C18H18N4O5/c1-11-7-12(2)22(21-11)9-16(23)19-20-17(24)10-26-14-5-3-13-4-6-18(25)27-15(13)8-14/h3-8H,9-10H2,1-2H3,(H,19,23)(H,20,24). The molecule has 3 rings (SSSR count). The minimum Gasteiger partial charge on any atom is -0.484 e. The van der Waals surface area contributed by atoms with Crippen molar-refractivity contribution in [2.75, 3.05) is 6.61 Å². The molecule has 9 nitrogen and oxygen atoms in total. The maximum absolute atomic E-state index is 11.9. The van der Waals surface area contributed by atoms with Crippen LogP contribution in [0.4, 0.5) is 0 Å². The minimum atomic E-state index is -0.536. The second kappa shape index (κ2) is 7.73. The molecule has 0 spiro atoms. The van der Waals surface area contributed by atoms with Crippen molar-refractivity contribution in [1.29, 1.82) is 0 Å². The number of rotatable bonds is 5. The predicted octanol–water partition coefficient (Wildman–Crippen LogP) is 0.833. The number of nitrogens with zero attached hydrogens (tertiary/aromatic N) is 2. The summed E-state index contributed by atoms with van der Waals surface area (Å²) in [6.45, 7) is 3.34. The van der Waals surface area contributed by atoms with Gasteiger partial charge in [0, 0.05) is 23.2 Å². The summed E-state index contributed by atoms with van der Waals surface area (Å²) < 4.78 is 11.9. The number of hydrazine groups is 1. The molecular weight excluding hydrogens is 352 g/mol. The summed E-state index contributed by atoms with van der Waals surface area (Å²) in [4.78, 5) is 34.9. The molecule has 0 aliphatic heterocycles. The molecule has 0 fully saturated rings. The number of ether oxygens (including phenoxy) is 1. The molecule has 0 saturated heterocycles. The Kier molecular flexibility index (Phi) is 5.20. The molecule has 0 radical (unpaired) electrons. The molecule has 2 aromatic heterocycles. The summed E-state index contributed by atoms with van der Waals surface area (Å²) in [5, 5.41) is 4.91. The first-order valence-corrected chi connectivity index (χ1v) is 8.16. The Morgan fingerprint density at radius 3 is 2.59 bits per heavy atom. The summed E-state index contributed by atoms with van der Waals surface area (Å²) in [5.41, 5.74) is 6.12. The molecule has 3 aromatic rings. The van der Waals surface area contributed by atoms with Crippen LogP contribution in [0.25, 0.3) is 11.0 Å². The molecule has 0 bridgehead atoms. The third-order valence-electron chi connectivity index (χ3n) is 3.70. The molecule has 0 unspecified atom stereocenters. The van der Waals surface area contributed by atoms with E-state index >= 15 is 0 Å². The zero-order valence-corrected chi connectivity index (χ0v) is 14.8. The lowest BCUT2D eigenvalue weighted by Gasteiger charge is -2.09. The van der Waals surface area contributed by atoms with Crippen LogP contribution in [0.15, 0.2) is 45.6 Å². The molecule has 2 N–H and O–H groups in total. The van der Waals surface area contributed by atoms with E-state index in [0.717, 1.165) is 16.8 Å². The smallest absolute Gasteiger partial charge is 0.336 e. The largest absolute Gasteiger partial charge is 0.484 e. The van der Waals surface area contributed by atoms with Gasteiger partial charge in [-0.15, -0.1) is 0 Å². The van der Waals surface area contributed by atoms with Gasteiger partial charge in [-0.05, 0) is 38.1 Å². The van der Waals surface area contributed by atoms with E-state index in [2.05, 4.69) is 16.0 Å². The van der Waals surface area contributed by atoms with Gasteiger partial charge < -0.3 is 9.15 Å². The fourth-order valence-electron chi connectivity index (χ4n) is 2.47. The average molecular weight is 370 g/mol. The quantitative estimate of drug-likeness (QED) is 0.508. The number of aromatic nitrogens is 2. The van der Waals surface area contributed by atoms with Crippen LogP contribution >= 0.6 is 0 Å². The number of fused-ring (bicyclic) bond motifs is 1. The van der Waals surface area contributed by atoms with Crippen molar-refractivity contribution in [3.05, 3.63) is 58.2 Å². The number of aryl methyl sites for hydroxylation is 2. The highest BCUT2D eigenvalue weighted by atomic mass is 16.5. The van der Waals surface area contributed by atoms with Crippen molar-refractivity contribution in [2.24, 2.45) is 0 Å². The SMILES string of the molecule is Cc1cc(C)n(CC(=O)NNC(=O)COc2ccc3ccc(=O)oc3c2)n1.